The highest BCUT2D eigenvalue weighted by atomic mass is 16.1. The molecule has 0 bridgehead atoms. The predicted octanol–water partition coefficient (Wildman–Crippen LogP) is 0.237. The molecule has 2 heterocycles. The first kappa shape index (κ1) is 8.74. The van der Waals surface area contributed by atoms with E-state index in [4.69, 9.17) is 0 Å². The monoisotopic (exact) mass is 190 g/mol. The van der Waals surface area contributed by atoms with E-state index < -0.39 is 0 Å². The Kier molecular flexibility index (Phi) is 1.77. The van der Waals surface area contributed by atoms with Crippen molar-refractivity contribution in [3.8, 4) is 0 Å². The van der Waals surface area contributed by atoms with E-state index in [1.165, 1.54) is 12.1 Å². The second-order valence-electron chi connectivity index (χ2n) is 3.28. The molecule has 0 aliphatic rings. The molecule has 2 rings (SSSR count). The quantitative estimate of drug-likeness (QED) is 0.597. The molecule has 0 amide bonds. The van der Waals surface area contributed by atoms with Gasteiger partial charge in [-0.15, -0.1) is 0 Å². The molecular weight excluding hydrogens is 180 g/mol. The Labute approximate surface area is 80.0 Å². The van der Waals surface area contributed by atoms with Crippen LogP contribution in [0.3, 0.4) is 0 Å². The van der Waals surface area contributed by atoms with Gasteiger partial charge in [-0.25, -0.2) is 0 Å². The maximum Gasteiger partial charge on any atom is 0.205 e. The number of rotatable bonds is 0. The van der Waals surface area contributed by atoms with Gasteiger partial charge in [-0.1, -0.05) is 0 Å². The zero-order valence-corrected chi connectivity index (χ0v) is 8.02. The molecule has 4 heteroatoms. The van der Waals surface area contributed by atoms with Gasteiger partial charge in [0.05, 0.1) is 0 Å². The summed E-state index contributed by atoms with van der Waals surface area (Å²) in [4.78, 5) is 23.1. The first-order chi connectivity index (χ1) is 6.61. The lowest BCUT2D eigenvalue weighted by atomic mass is 10.3. The molecule has 0 atom stereocenters. The van der Waals surface area contributed by atoms with E-state index in [0.29, 0.717) is 11.0 Å². The molecule has 0 unspecified atom stereocenters. The SMILES string of the molecule is Cn1ccc(=O)c2c1c(=O)ccn2C. The fourth-order valence-electron chi connectivity index (χ4n) is 1.58. The number of hydrogen-bond donors (Lipinski definition) is 0. The summed E-state index contributed by atoms with van der Waals surface area (Å²) in [5.41, 5.74) is 0.640. The molecule has 0 fully saturated rings. The van der Waals surface area contributed by atoms with Gasteiger partial charge in [-0.05, 0) is 0 Å². The average molecular weight is 190 g/mol. The number of aryl methyl sites for hydroxylation is 2. The zero-order valence-electron chi connectivity index (χ0n) is 8.02. The van der Waals surface area contributed by atoms with E-state index in [0.717, 1.165) is 0 Å². The average Bonchev–Trinajstić information content (AvgIpc) is 2.16. The van der Waals surface area contributed by atoms with E-state index in [-0.39, 0.29) is 10.9 Å². The molecule has 2 aromatic rings. The molecule has 0 aromatic carbocycles. The van der Waals surface area contributed by atoms with Gasteiger partial charge in [-0.3, -0.25) is 9.59 Å². The molecule has 0 saturated carbocycles. The summed E-state index contributed by atoms with van der Waals surface area (Å²) >= 11 is 0. The summed E-state index contributed by atoms with van der Waals surface area (Å²) in [5, 5.41) is 0. The van der Waals surface area contributed by atoms with Crippen LogP contribution in [-0.2, 0) is 14.1 Å². The van der Waals surface area contributed by atoms with Crippen molar-refractivity contribution in [2.24, 2.45) is 14.1 Å². The van der Waals surface area contributed by atoms with Crippen LogP contribution in [0, 0.1) is 0 Å². The standard InChI is InChI=1S/C10H10N2O2/c1-11-5-3-8(14)10-9(11)7(13)4-6-12(10)2/h3-6H,1-2H3. The summed E-state index contributed by atoms with van der Waals surface area (Å²) in [6, 6.07) is 2.92. The highest BCUT2D eigenvalue weighted by Crippen LogP contribution is 2.01. The summed E-state index contributed by atoms with van der Waals surface area (Å²) < 4.78 is 3.33. The Hall–Kier alpha value is -1.84. The van der Waals surface area contributed by atoms with Crippen molar-refractivity contribution in [3.05, 3.63) is 45.0 Å². The fourth-order valence-corrected chi connectivity index (χ4v) is 1.58. The lowest BCUT2D eigenvalue weighted by molar-refractivity contribution is 0.898. The van der Waals surface area contributed by atoms with E-state index in [1.807, 2.05) is 0 Å². The Bertz CT molecular complexity index is 552. The van der Waals surface area contributed by atoms with Gasteiger partial charge in [-0.2, -0.15) is 0 Å². The Morgan fingerprint density at radius 2 is 1.21 bits per heavy atom. The van der Waals surface area contributed by atoms with Crippen molar-refractivity contribution in [2.45, 2.75) is 0 Å². The Morgan fingerprint density at radius 1 is 0.857 bits per heavy atom. The van der Waals surface area contributed by atoms with E-state index in [9.17, 15) is 9.59 Å². The van der Waals surface area contributed by atoms with Crippen molar-refractivity contribution in [3.63, 3.8) is 0 Å². The lowest BCUT2D eigenvalue weighted by Crippen LogP contribution is -2.18. The van der Waals surface area contributed by atoms with Gasteiger partial charge in [0.1, 0.15) is 11.0 Å². The molecule has 72 valence electrons. The second kappa shape index (κ2) is 2.83. The lowest BCUT2D eigenvalue weighted by Gasteiger charge is -2.06. The summed E-state index contributed by atoms with van der Waals surface area (Å²) in [6.45, 7) is 0. The van der Waals surface area contributed by atoms with Gasteiger partial charge >= 0.3 is 0 Å². The molecular formula is C10H10N2O2. The van der Waals surface area contributed by atoms with Crippen molar-refractivity contribution < 1.29 is 0 Å². The molecule has 14 heavy (non-hydrogen) atoms. The van der Waals surface area contributed by atoms with E-state index in [2.05, 4.69) is 0 Å². The largest absolute Gasteiger partial charge is 0.346 e. The summed E-state index contributed by atoms with van der Waals surface area (Å²) in [7, 11) is 3.51. The minimum absolute atomic E-state index is 0.127. The van der Waals surface area contributed by atoms with Crippen molar-refractivity contribution >= 4 is 11.0 Å². The van der Waals surface area contributed by atoms with Crippen molar-refractivity contribution in [1.29, 1.82) is 0 Å². The van der Waals surface area contributed by atoms with Gasteiger partial charge in [0.15, 0.2) is 0 Å². The number of aromatic nitrogens is 2. The number of nitrogens with zero attached hydrogens (tertiary/aromatic N) is 2. The topological polar surface area (TPSA) is 44.0 Å². The molecule has 0 spiro atoms. The van der Waals surface area contributed by atoms with Gasteiger partial charge < -0.3 is 9.13 Å². The van der Waals surface area contributed by atoms with Crippen LogP contribution in [0.1, 0.15) is 0 Å². The van der Waals surface area contributed by atoms with Crippen molar-refractivity contribution in [2.75, 3.05) is 0 Å². The zero-order chi connectivity index (χ0) is 10.3. The van der Waals surface area contributed by atoms with Crippen LogP contribution in [0.25, 0.3) is 11.0 Å². The van der Waals surface area contributed by atoms with E-state index >= 15 is 0 Å². The Morgan fingerprint density at radius 3 is 1.57 bits per heavy atom. The van der Waals surface area contributed by atoms with Crippen LogP contribution < -0.4 is 10.9 Å². The third kappa shape index (κ3) is 1.08. The smallest absolute Gasteiger partial charge is 0.205 e. The minimum Gasteiger partial charge on any atom is -0.346 e. The maximum atomic E-state index is 11.5. The third-order valence-corrected chi connectivity index (χ3v) is 2.30. The normalized spacial score (nSPS) is 10.7. The highest BCUT2D eigenvalue weighted by Gasteiger charge is 2.05. The van der Waals surface area contributed by atoms with Gasteiger partial charge in [0, 0.05) is 38.6 Å². The molecule has 2 aromatic heterocycles. The van der Waals surface area contributed by atoms with Crippen LogP contribution in [0.2, 0.25) is 0 Å². The van der Waals surface area contributed by atoms with Crippen LogP contribution >= 0.6 is 0 Å². The number of hydrogen-bond acceptors (Lipinski definition) is 2. The van der Waals surface area contributed by atoms with Crippen LogP contribution in [0.15, 0.2) is 34.1 Å². The van der Waals surface area contributed by atoms with Crippen molar-refractivity contribution in [1.82, 2.24) is 9.13 Å². The Balaban J connectivity index is 3.22. The molecule has 0 aliphatic heterocycles. The fraction of sp³-hybridized carbons (Fsp3) is 0.200. The maximum absolute atomic E-state index is 11.5. The molecule has 0 aliphatic carbocycles. The molecule has 4 nitrogen and oxygen atoms in total. The van der Waals surface area contributed by atoms with Crippen LogP contribution in [0.4, 0.5) is 0 Å². The minimum atomic E-state index is -0.127. The molecule has 0 radical (unpaired) electrons. The highest BCUT2D eigenvalue weighted by molar-refractivity contribution is 5.74. The molecule has 0 N–H and O–H groups in total. The summed E-state index contributed by atoms with van der Waals surface area (Å²) in [5.74, 6) is 0. The van der Waals surface area contributed by atoms with Gasteiger partial charge in [0.2, 0.25) is 10.9 Å². The van der Waals surface area contributed by atoms with Crippen LogP contribution in [0.5, 0.6) is 0 Å². The number of fused-ring (bicyclic) bond motifs is 1. The first-order valence-corrected chi connectivity index (χ1v) is 4.26. The second-order valence-corrected chi connectivity index (χ2v) is 3.28. The number of pyridine rings is 2. The predicted molar refractivity (Wildman–Crippen MR) is 54.4 cm³/mol. The van der Waals surface area contributed by atoms with Gasteiger partial charge in [0.25, 0.3) is 0 Å². The third-order valence-electron chi connectivity index (χ3n) is 2.30. The van der Waals surface area contributed by atoms with E-state index in [1.54, 1.807) is 35.6 Å². The van der Waals surface area contributed by atoms with Crippen LogP contribution in [-0.4, -0.2) is 9.13 Å². The summed E-state index contributed by atoms with van der Waals surface area (Å²) in [6.07, 6.45) is 3.21. The molecule has 0 saturated heterocycles. The first-order valence-electron chi connectivity index (χ1n) is 4.26.